The molecule has 2 aromatic rings. The Hall–Kier alpha value is -0.940. The Balaban J connectivity index is 2.64. The Morgan fingerprint density at radius 2 is 2.27 bits per heavy atom. The van der Waals surface area contributed by atoms with Crippen LogP contribution in [0.25, 0.3) is 11.4 Å². The van der Waals surface area contributed by atoms with Crippen LogP contribution in [0.1, 0.15) is 17.4 Å². The molecular formula is C10H13N3S2. The van der Waals surface area contributed by atoms with Gasteiger partial charge in [-0.1, -0.05) is 0 Å². The molecule has 0 aromatic carbocycles. The van der Waals surface area contributed by atoms with E-state index in [0.717, 1.165) is 12.4 Å². The fourth-order valence-electron chi connectivity index (χ4n) is 1.55. The van der Waals surface area contributed by atoms with E-state index >= 15 is 0 Å². The summed E-state index contributed by atoms with van der Waals surface area (Å²) >= 11 is 6.92. The lowest BCUT2D eigenvalue weighted by Crippen LogP contribution is -1.97. The maximum atomic E-state index is 5.17. The minimum Gasteiger partial charge on any atom is -0.300 e. The number of hydrogen-bond donors (Lipinski definition) is 1. The predicted octanol–water partition coefficient (Wildman–Crippen LogP) is 3.31. The maximum absolute atomic E-state index is 5.17. The van der Waals surface area contributed by atoms with Gasteiger partial charge in [0.1, 0.15) is 0 Å². The van der Waals surface area contributed by atoms with Gasteiger partial charge in [0.05, 0.1) is 0 Å². The topological polar surface area (TPSA) is 33.6 Å². The van der Waals surface area contributed by atoms with E-state index in [4.69, 9.17) is 12.2 Å². The van der Waals surface area contributed by atoms with Crippen molar-refractivity contribution in [2.75, 3.05) is 0 Å². The third kappa shape index (κ3) is 1.66. The molecule has 0 atom stereocenters. The number of aromatic nitrogens is 3. The smallest absolute Gasteiger partial charge is 0.195 e. The molecule has 0 aliphatic carbocycles. The Morgan fingerprint density at radius 3 is 2.80 bits per heavy atom. The number of aryl methyl sites for hydroxylation is 1. The molecule has 0 aliphatic heterocycles. The molecule has 0 bridgehead atoms. The summed E-state index contributed by atoms with van der Waals surface area (Å²) in [5, 5.41) is 9.27. The molecule has 0 spiro atoms. The zero-order valence-corrected chi connectivity index (χ0v) is 10.6. The zero-order valence-electron chi connectivity index (χ0n) is 9.00. The van der Waals surface area contributed by atoms with Gasteiger partial charge >= 0.3 is 0 Å². The number of H-pyrrole nitrogens is 1. The number of thiophene rings is 1. The summed E-state index contributed by atoms with van der Waals surface area (Å²) in [6.07, 6.45) is 0. The monoisotopic (exact) mass is 239 g/mol. The van der Waals surface area contributed by atoms with Gasteiger partial charge in [0.15, 0.2) is 10.6 Å². The molecule has 80 valence electrons. The predicted molar refractivity (Wildman–Crippen MR) is 65.9 cm³/mol. The van der Waals surface area contributed by atoms with E-state index in [1.807, 2.05) is 4.57 Å². The van der Waals surface area contributed by atoms with Crippen LogP contribution in [0.15, 0.2) is 5.38 Å². The molecule has 15 heavy (non-hydrogen) atoms. The molecule has 0 saturated heterocycles. The van der Waals surface area contributed by atoms with E-state index in [9.17, 15) is 0 Å². The van der Waals surface area contributed by atoms with Gasteiger partial charge in [0.2, 0.25) is 0 Å². The first-order valence-corrected chi connectivity index (χ1v) is 6.14. The summed E-state index contributed by atoms with van der Waals surface area (Å²) in [6, 6.07) is 0. The minimum atomic E-state index is 0.691. The molecular weight excluding hydrogens is 226 g/mol. The van der Waals surface area contributed by atoms with Gasteiger partial charge in [-0.05, 0) is 38.6 Å². The largest absolute Gasteiger partial charge is 0.300 e. The fourth-order valence-corrected chi connectivity index (χ4v) is 2.68. The van der Waals surface area contributed by atoms with Gasteiger partial charge < -0.3 is 4.57 Å². The number of rotatable bonds is 2. The number of nitrogens with zero attached hydrogens (tertiary/aromatic N) is 2. The molecule has 1 N–H and O–H groups in total. The average Bonchev–Trinajstić information content (AvgIpc) is 2.73. The van der Waals surface area contributed by atoms with E-state index in [0.29, 0.717) is 4.77 Å². The Bertz CT molecular complexity index is 533. The molecule has 3 nitrogen and oxygen atoms in total. The summed E-state index contributed by atoms with van der Waals surface area (Å²) in [5.41, 5.74) is 2.48. The molecule has 2 rings (SSSR count). The lowest BCUT2D eigenvalue weighted by atomic mass is 10.2. The Kier molecular flexibility index (Phi) is 2.75. The van der Waals surface area contributed by atoms with Crippen molar-refractivity contribution in [3.8, 4) is 11.4 Å². The van der Waals surface area contributed by atoms with Crippen LogP contribution in [0.3, 0.4) is 0 Å². The number of hydrogen-bond acceptors (Lipinski definition) is 3. The molecule has 2 heterocycles. The zero-order chi connectivity index (χ0) is 11.0. The highest BCUT2D eigenvalue weighted by Crippen LogP contribution is 2.29. The Morgan fingerprint density at radius 1 is 1.53 bits per heavy atom. The van der Waals surface area contributed by atoms with Crippen LogP contribution in [0.5, 0.6) is 0 Å². The van der Waals surface area contributed by atoms with Gasteiger partial charge in [-0.15, -0.1) is 11.3 Å². The highest BCUT2D eigenvalue weighted by atomic mass is 32.1. The van der Waals surface area contributed by atoms with Crippen LogP contribution in [0.4, 0.5) is 0 Å². The van der Waals surface area contributed by atoms with Gasteiger partial charge in [-0.25, -0.2) is 0 Å². The molecule has 0 saturated carbocycles. The van der Waals surface area contributed by atoms with Gasteiger partial charge in [0.25, 0.3) is 0 Å². The molecule has 0 amide bonds. The van der Waals surface area contributed by atoms with Crippen molar-refractivity contribution in [3.05, 3.63) is 20.6 Å². The van der Waals surface area contributed by atoms with Gasteiger partial charge in [-0.2, -0.15) is 5.10 Å². The first-order valence-electron chi connectivity index (χ1n) is 4.85. The van der Waals surface area contributed by atoms with Gasteiger partial charge in [-0.3, -0.25) is 5.10 Å². The summed E-state index contributed by atoms with van der Waals surface area (Å²) in [7, 11) is 0. The highest BCUT2D eigenvalue weighted by molar-refractivity contribution is 7.71. The van der Waals surface area contributed by atoms with Crippen molar-refractivity contribution in [2.45, 2.75) is 27.3 Å². The summed E-state index contributed by atoms with van der Waals surface area (Å²) in [5.74, 6) is 0.948. The molecule has 2 aromatic heterocycles. The van der Waals surface area contributed by atoms with Crippen LogP contribution in [0.2, 0.25) is 0 Å². The summed E-state index contributed by atoms with van der Waals surface area (Å²) in [6.45, 7) is 7.17. The van der Waals surface area contributed by atoms with E-state index in [1.165, 1.54) is 16.0 Å². The first-order chi connectivity index (χ1) is 7.15. The van der Waals surface area contributed by atoms with Crippen LogP contribution < -0.4 is 0 Å². The summed E-state index contributed by atoms with van der Waals surface area (Å²) in [4.78, 5) is 1.33. The van der Waals surface area contributed by atoms with E-state index in [2.05, 4.69) is 36.3 Å². The second-order valence-electron chi connectivity index (χ2n) is 3.43. The fraction of sp³-hybridized carbons (Fsp3) is 0.400. The lowest BCUT2D eigenvalue weighted by molar-refractivity contribution is 0.755. The van der Waals surface area contributed by atoms with Crippen LogP contribution >= 0.6 is 23.6 Å². The third-order valence-electron chi connectivity index (χ3n) is 2.60. The molecule has 5 heteroatoms. The van der Waals surface area contributed by atoms with Crippen molar-refractivity contribution in [1.82, 2.24) is 14.8 Å². The normalized spacial score (nSPS) is 10.9. The molecule has 0 unspecified atom stereocenters. The number of aromatic amines is 1. The average molecular weight is 239 g/mol. The molecule has 0 radical (unpaired) electrons. The van der Waals surface area contributed by atoms with Crippen molar-refractivity contribution in [1.29, 1.82) is 0 Å². The van der Waals surface area contributed by atoms with Crippen molar-refractivity contribution in [2.24, 2.45) is 0 Å². The van der Waals surface area contributed by atoms with Crippen molar-refractivity contribution >= 4 is 23.6 Å². The quantitative estimate of drug-likeness (QED) is 0.816. The lowest BCUT2D eigenvalue weighted by Gasteiger charge is -2.02. The first kappa shape index (κ1) is 10.6. The summed E-state index contributed by atoms with van der Waals surface area (Å²) < 4.78 is 2.71. The van der Waals surface area contributed by atoms with E-state index in [1.54, 1.807) is 11.3 Å². The van der Waals surface area contributed by atoms with Crippen LogP contribution in [0, 0.1) is 18.6 Å². The van der Waals surface area contributed by atoms with Crippen molar-refractivity contribution in [3.63, 3.8) is 0 Å². The van der Waals surface area contributed by atoms with Crippen LogP contribution in [-0.4, -0.2) is 14.8 Å². The van der Waals surface area contributed by atoms with E-state index < -0.39 is 0 Å². The highest BCUT2D eigenvalue weighted by Gasteiger charge is 2.12. The number of nitrogens with one attached hydrogen (secondary N) is 1. The second kappa shape index (κ2) is 3.90. The Labute approximate surface area is 97.8 Å². The standard InChI is InChI=1S/C10H13N3S2/c1-4-13-9(11-12-10(13)14)8-5-15-7(3)6(8)2/h5H,4H2,1-3H3,(H,12,14). The minimum absolute atomic E-state index is 0.691. The SMILES string of the molecule is CCn1c(-c2csc(C)c2C)n[nH]c1=S. The third-order valence-corrected chi connectivity index (χ3v) is 3.93. The van der Waals surface area contributed by atoms with Crippen molar-refractivity contribution < 1.29 is 0 Å². The molecule has 0 fully saturated rings. The van der Waals surface area contributed by atoms with Gasteiger partial charge in [0, 0.05) is 22.4 Å². The maximum Gasteiger partial charge on any atom is 0.195 e. The molecule has 0 aliphatic rings. The van der Waals surface area contributed by atoms with Crippen LogP contribution in [-0.2, 0) is 6.54 Å². The van der Waals surface area contributed by atoms with E-state index in [-0.39, 0.29) is 0 Å². The second-order valence-corrected chi connectivity index (χ2v) is 4.90.